The topological polar surface area (TPSA) is 71.8 Å². The Labute approximate surface area is 56.5 Å². The quantitative estimate of drug-likeness (QED) is 0.343. The summed E-state index contributed by atoms with van der Waals surface area (Å²) in [6.45, 7) is 0. The van der Waals surface area contributed by atoms with Crippen molar-refractivity contribution >= 4 is 18.4 Å². The predicted octanol–water partition coefficient (Wildman–Crippen LogP) is -0.359. The van der Waals surface area contributed by atoms with Crippen LogP contribution in [0.1, 0.15) is 0 Å². The first-order valence-electron chi connectivity index (χ1n) is 2.24. The zero-order chi connectivity index (χ0) is 6.85. The largest absolute Gasteiger partial charge is 0.385 e. The van der Waals surface area contributed by atoms with Crippen LogP contribution in [0.3, 0.4) is 0 Å². The van der Waals surface area contributed by atoms with Crippen molar-refractivity contribution < 1.29 is 0 Å². The van der Waals surface area contributed by atoms with Crippen LogP contribution in [0, 0.1) is 0 Å². The Kier molecular flexibility index (Phi) is 1.44. The van der Waals surface area contributed by atoms with Crippen molar-refractivity contribution in [3.63, 3.8) is 0 Å². The van der Waals surface area contributed by atoms with Gasteiger partial charge in [0.05, 0.1) is 0 Å². The molecule has 1 heterocycles. The smallest absolute Gasteiger partial charge is 0.347 e. The lowest BCUT2D eigenvalue weighted by atomic mass is 10.6. The van der Waals surface area contributed by atoms with E-state index < -0.39 is 5.69 Å². The fourth-order valence-corrected chi connectivity index (χ4v) is 0.693. The van der Waals surface area contributed by atoms with Crippen molar-refractivity contribution in [2.45, 2.75) is 5.03 Å². The van der Waals surface area contributed by atoms with Gasteiger partial charge in [0.25, 0.3) is 0 Å². The summed E-state index contributed by atoms with van der Waals surface area (Å²) in [7, 11) is 0. The van der Waals surface area contributed by atoms with Gasteiger partial charge < -0.3 is 5.73 Å². The fraction of sp³-hybridized carbons (Fsp3) is 0. The molecule has 1 aromatic heterocycles. The van der Waals surface area contributed by atoms with Gasteiger partial charge in [-0.05, 0) is 0 Å². The van der Waals surface area contributed by atoms with E-state index in [9.17, 15) is 4.79 Å². The molecule has 0 fully saturated rings. The van der Waals surface area contributed by atoms with Gasteiger partial charge in [-0.25, -0.2) is 4.79 Å². The Morgan fingerprint density at radius 3 is 2.89 bits per heavy atom. The minimum atomic E-state index is -0.472. The van der Waals surface area contributed by atoms with E-state index in [1.165, 1.54) is 6.07 Å². The monoisotopic (exact) mass is 143 g/mol. The molecule has 5 heteroatoms. The summed E-state index contributed by atoms with van der Waals surface area (Å²) in [5, 5.41) is 0.330. The molecule has 0 amide bonds. The summed E-state index contributed by atoms with van der Waals surface area (Å²) in [6.07, 6.45) is 0. The van der Waals surface area contributed by atoms with Gasteiger partial charge in [-0.3, -0.25) is 4.98 Å². The van der Waals surface area contributed by atoms with Crippen molar-refractivity contribution in [3.8, 4) is 0 Å². The standard InChI is InChI=1S/C4H5N3OS/c5-2-1-3(9)7-4(8)6-2/h1H,(H4,5,6,7,8,9). The third-order valence-corrected chi connectivity index (χ3v) is 0.981. The minimum absolute atomic E-state index is 0.278. The third-order valence-electron chi connectivity index (χ3n) is 0.752. The third kappa shape index (κ3) is 1.46. The van der Waals surface area contributed by atoms with Crippen LogP contribution in [0.5, 0.6) is 0 Å². The molecule has 9 heavy (non-hydrogen) atoms. The number of aromatic nitrogens is 2. The van der Waals surface area contributed by atoms with E-state index in [0.717, 1.165) is 0 Å². The Hall–Kier alpha value is -0.970. The second-order valence-electron chi connectivity index (χ2n) is 1.50. The van der Waals surface area contributed by atoms with E-state index >= 15 is 0 Å². The molecule has 0 aliphatic carbocycles. The summed E-state index contributed by atoms with van der Waals surface area (Å²) in [5.41, 5.74) is 4.74. The van der Waals surface area contributed by atoms with Crippen LogP contribution in [-0.2, 0) is 0 Å². The molecule has 1 rings (SSSR count). The normalized spacial score (nSPS) is 9.44. The molecular weight excluding hydrogens is 138 g/mol. The fourth-order valence-electron chi connectivity index (χ4n) is 0.463. The number of aromatic amines is 1. The zero-order valence-corrected chi connectivity index (χ0v) is 5.35. The highest BCUT2D eigenvalue weighted by Gasteiger charge is 1.89. The average molecular weight is 143 g/mol. The van der Waals surface area contributed by atoms with Gasteiger partial charge in [0.2, 0.25) is 0 Å². The molecule has 0 aromatic carbocycles. The van der Waals surface area contributed by atoms with Crippen LogP contribution in [0.25, 0.3) is 0 Å². The second-order valence-corrected chi connectivity index (χ2v) is 1.96. The first kappa shape index (κ1) is 6.15. The molecule has 0 aliphatic heterocycles. The summed E-state index contributed by atoms with van der Waals surface area (Å²) < 4.78 is 0. The number of nitrogen functional groups attached to an aromatic ring is 1. The van der Waals surface area contributed by atoms with E-state index in [0.29, 0.717) is 5.03 Å². The number of nitrogens with two attached hydrogens (primary N) is 1. The van der Waals surface area contributed by atoms with E-state index in [1.807, 2.05) is 0 Å². The molecule has 0 atom stereocenters. The van der Waals surface area contributed by atoms with Crippen LogP contribution in [-0.4, -0.2) is 9.97 Å². The molecule has 0 unspecified atom stereocenters. The van der Waals surface area contributed by atoms with Crippen LogP contribution in [0.2, 0.25) is 0 Å². The van der Waals surface area contributed by atoms with Gasteiger partial charge >= 0.3 is 5.69 Å². The van der Waals surface area contributed by atoms with Gasteiger partial charge in [-0.15, -0.1) is 12.6 Å². The van der Waals surface area contributed by atoms with Gasteiger partial charge in [-0.2, -0.15) is 4.98 Å². The molecule has 0 radical (unpaired) electrons. The molecule has 3 N–H and O–H groups in total. The molecule has 48 valence electrons. The van der Waals surface area contributed by atoms with Crippen LogP contribution in [0.4, 0.5) is 5.82 Å². The van der Waals surface area contributed by atoms with Crippen LogP contribution >= 0.6 is 12.6 Å². The lowest BCUT2D eigenvalue weighted by Crippen LogP contribution is -2.11. The maximum absolute atomic E-state index is 10.4. The Bertz CT molecular complexity index is 246. The van der Waals surface area contributed by atoms with Gasteiger partial charge in [-0.1, -0.05) is 0 Å². The number of nitrogens with one attached hydrogen (secondary N) is 1. The number of hydrogen-bond donors (Lipinski definition) is 3. The van der Waals surface area contributed by atoms with Crippen molar-refractivity contribution in [3.05, 3.63) is 16.6 Å². The van der Waals surface area contributed by atoms with Crippen molar-refractivity contribution in [2.24, 2.45) is 0 Å². The predicted molar refractivity (Wildman–Crippen MR) is 36.5 cm³/mol. The lowest BCUT2D eigenvalue weighted by Gasteiger charge is -1.90. The minimum Gasteiger partial charge on any atom is -0.385 e. The molecular formula is C4H5N3OS. The first-order chi connectivity index (χ1) is 4.18. The first-order valence-corrected chi connectivity index (χ1v) is 2.69. The average Bonchev–Trinajstić information content (AvgIpc) is 1.59. The summed E-state index contributed by atoms with van der Waals surface area (Å²) in [4.78, 5) is 16.1. The second kappa shape index (κ2) is 2.10. The number of anilines is 1. The number of nitrogens with zero attached hydrogens (tertiary/aromatic N) is 1. The van der Waals surface area contributed by atoms with Crippen molar-refractivity contribution in [1.82, 2.24) is 9.97 Å². The highest BCUT2D eigenvalue weighted by atomic mass is 32.1. The van der Waals surface area contributed by atoms with E-state index in [2.05, 4.69) is 22.6 Å². The molecule has 0 saturated carbocycles. The van der Waals surface area contributed by atoms with Gasteiger partial charge in [0.1, 0.15) is 10.8 Å². The molecule has 0 bridgehead atoms. The Morgan fingerprint density at radius 2 is 2.44 bits per heavy atom. The maximum atomic E-state index is 10.4. The molecule has 0 aliphatic rings. The molecule has 0 spiro atoms. The Balaban J connectivity index is 3.33. The lowest BCUT2D eigenvalue weighted by molar-refractivity contribution is 0.992. The molecule has 1 aromatic rings. The number of rotatable bonds is 0. The summed E-state index contributed by atoms with van der Waals surface area (Å²) >= 11 is 3.81. The van der Waals surface area contributed by atoms with Crippen molar-refractivity contribution in [2.75, 3.05) is 5.73 Å². The van der Waals surface area contributed by atoms with Crippen LogP contribution < -0.4 is 11.4 Å². The number of hydrogen-bond acceptors (Lipinski definition) is 4. The molecule has 0 saturated heterocycles. The highest BCUT2D eigenvalue weighted by molar-refractivity contribution is 7.80. The zero-order valence-electron chi connectivity index (χ0n) is 4.46. The summed E-state index contributed by atoms with van der Waals surface area (Å²) in [5.74, 6) is 0.278. The number of thiol groups is 1. The van der Waals surface area contributed by atoms with Gasteiger partial charge in [0, 0.05) is 6.07 Å². The summed E-state index contributed by atoms with van der Waals surface area (Å²) in [6, 6.07) is 1.46. The van der Waals surface area contributed by atoms with E-state index in [-0.39, 0.29) is 5.82 Å². The molecule has 4 nitrogen and oxygen atoms in total. The van der Waals surface area contributed by atoms with E-state index in [1.54, 1.807) is 0 Å². The number of H-pyrrole nitrogens is 1. The Morgan fingerprint density at radius 1 is 1.78 bits per heavy atom. The van der Waals surface area contributed by atoms with Crippen molar-refractivity contribution in [1.29, 1.82) is 0 Å². The maximum Gasteiger partial charge on any atom is 0.347 e. The van der Waals surface area contributed by atoms with Crippen LogP contribution in [0.15, 0.2) is 15.9 Å². The highest BCUT2D eigenvalue weighted by Crippen LogP contribution is 1.98. The SMILES string of the molecule is Nc1cc(S)nc(=O)[nH]1. The van der Waals surface area contributed by atoms with E-state index in [4.69, 9.17) is 5.73 Å². The van der Waals surface area contributed by atoms with Gasteiger partial charge in [0.15, 0.2) is 0 Å².